The molecule has 0 bridgehead atoms. The normalized spacial score (nSPS) is 12.1. The molecule has 4 nitrogen and oxygen atoms in total. The molecule has 0 aliphatic carbocycles. The van der Waals surface area contributed by atoms with E-state index in [0.717, 1.165) is 56.0 Å². The molecule has 0 saturated carbocycles. The van der Waals surface area contributed by atoms with E-state index in [-0.39, 0.29) is 33.5 Å². The van der Waals surface area contributed by atoms with E-state index >= 15 is 26.3 Å². The maximum absolute atomic E-state index is 15.6. The van der Waals surface area contributed by atoms with Crippen molar-refractivity contribution < 1.29 is 26.3 Å². The second kappa shape index (κ2) is 16.5. The van der Waals surface area contributed by atoms with Gasteiger partial charge in [-0.2, -0.15) is 26.3 Å². The number of hydrogen-bond acceptors (Lipinski definition) is 2. The van der Waals surface area contributed by atoms with E-state index in [2.05, 4.69) is 10.6 Å². The number of alkyl halides is 6. The Hall–Kier alpha value is -8.76. The van der Waals surface area contributed by atoms with Crippen LogP contribution in [0.15, 0.2) is 218 Å². The van der Waals surface area contributed by atoms with Gasteiger partial charge in [0.2, 0.25) is 0 Å². The van der Waals surface area contributed by atoms with Gasteiger partial charge in [0.25, 0.3) is 0 Å². The first-order valence-electron chi connectivity index (χ1n) is 22.6. The molecule has 0 amide bonds. The van der Waals surface area contributed by atoms with Crippen LogP contribution in [0, 0.1) is 0 Å². The molecule has 0 aliphatic rings. The lowest BCUT2D eigenvalue weighted by Gasteiger charge is -2.24. The molecule has 0 aliphatic heterocycles. The standard InChI is InChI=1S/C60H36F6N4/c61-59(62,63)48-28-14-10-24-41(48)46-34-39(51-36-50(37-18-4-1-5-19-37)67-58(68-51)38-20-6-2-7-21-38)35-47(42-25-11-15-29-49(42)60(64,65)66)56(46)70-53-31-17-13-27-45(53)55-54(70)33-32-44-43-26-12-16-30-52(43)69(57(44)55)40-22-8-3-9-23-40/h1-36H. The summed E-state index contributed by atoms with van der Waals surface area (Å²) in [5.41, 5.74) is 4.23. The summed E-state index contributed by atoms with van der Waals surface area (Å²) in [5, 5.41) is 3.45. The van der Waals surface area contributed by atoms with Gasteiger partial charge < -0.3 is 9.13 Å². The van der Waals surface area contributed by atoms with Crippen LogP contribution in [-0.2, 0) is 12.4 Å². The largest absolute Gasteiger partial charge is 0.417 e. The maximum Gasteiger partial charge on any atom is 0.417 e. The van der Waals surface area contributed by atoms with Gasteiger partial charge in [0.15, 0.2) is 5.82 Å². The van der Waals surface area contributed by atoms with Crippen molar-refractivity contribution in [1.29, 1.82) is 0 Å². The average Bonchev–Trinajstić information content (AvgIpc) is 3.91. The van der Waals surface area contributed by atoms with Crippen molar-refractivity contribution in [2.45, 2.75) is 12.4 Å². The monoisotopic (exact) mass is 926 g/mol. The van der Waals surface area contributed by atoms with Gasteiger partial charge in [0.1, 0.15) is 0 Å². The van der Waals surface area contributed by atoms with Gasteiger partial charge in [-0.3, -0.25) is 0 Å². The Morgan fingerprint density at radius 2 is 0.814 bits per heavy atom. The van der Waals surface area contributed by atoms with Gasteiger partial charge >= 0.3 is 12.4 Å². The minimum absolute atomic E-state index is 0.0462. The highest BCUT2D eigenvalue weighted by Crippen LogP contribution is 2.50. The predicted octanol–water partition coefficient (Wildman–Crippen LogP) is 17.0. The summed E-state index contributed by atoms with van der Waals surface area (Å²) in [4.78, 5) is 9.97. The van der Waals surface area contributed by atoms with Crippen molar-refractivity contribution in [3.05, 3.63) is 230 Å². The SMILES string of the molecule is FC(F)(F)c1ccccc1-c1cc(-c2cc(-c3ccccc3)nc(-c3ccccc3)n2)cc(-c2ccccc2C(F)(F)F)c1-n1c2ccccc2c2c1ccc1c3ccccc3n(-c3ccccc3)c12. The minimum Gasteiger partial charge on any atom is -0.309 e. The first-order valence-corrected chi connectivity index (χ1v) is 22.6. The third-order valence-electron chi connectivity index (χ3n) is 13.0. The molecule has 9 aromatic carbocycles. The Kier molecular flexibility index (Phi) is 10.0. The minimum atomic E-state index is -4.85. The molecule has 338 valence electrons. The smallest absolute Gasteiger partial charge is 0.309 e. The summed E-state index contributed by atoms with van der Waals surface area (Å²) >= 11 is 0. The molecule has 0 atom stereocenters. The van der Waals surface area contributed by atoms with E-state index in [1.54, 1.807) is 18.2 Å². The van der Waals surface area contributed by atoms with Crippen molar-refractivity contribution >= 4 is 43.6 Å². The van der Waals surface area contributed by atoms with Crippen LogP contribution in [0.5, 0.6) is 0 Å². The fourth-order valence-electron chi connectivity index (χ4n) is 10.0. The van der Waals surface area contributed by atoms with Crippen LogP contribution in [0.2, 0.25) is 0 Å². The number of aromatic nitrogens is 4. The lowest BCUT2D eigenvalue weighted by atomic mass is 9.88. The lowest BCUT2D eigenvalue weighted by molar-refractivity contribution is -0.137. The van der Waals surface area contributed by atoms with Crippen LogP contribution in [0.25, 0.3) is 111 Å². The number of hydrogen-bond donors (Lipinski definition) is 0. The van der Waals surface area contributed by atoms with E-state index in [0.29, 0.717) is 33.8 Å². The number of halogens is 6. The van der Waals surface area contributed by atoms with E-state index in [1.165, 1.54) is 36.4 Å². The van der Waals surface area contributed by atoms with Gasteiger partial charge in [-0.15, -0.1) is 0 Å². The number of nitrogens with zero attached hydrogens (tertiary/aromatic N) is 4. The highest BCUT2D eigenvalue weighted by molar-refractivity contribution is 6.26. The van der Waals surface area contributed by atoms with Crippen LogP contribution in [0.4, 0.5) is 26.3 Å². The summed E-state index contributed by atoms with van der Waals surface area (Å²) in [6.07, 6.45) is -9.71. The molecule has 70 heavy (non-hydrogen) atoms. The number of rotatable bonds is 7. The Morgan fingerprint density at radius 1 is 0.343 bits per heavy atom. The number of fused-ring (bicyclic) bond motifs is 7. The van der Waals surface area contributed by atoms with E-state index in [1.807, 2.05) is 150 Å². The molecule has 0 unspecified atom stereocenters. The van der Waals surface area contributed by atoms with Crippen LogP contribution in [-0.4, -0.2) is 19.1 Å². The molecule has 3 aromatic heterocycles. The number of para-hydroxylation sites is 3. The second-order valence-corrected chi connectivity index (χ2v) is 17.1. The van der Waals surface area contributed by atoms with Crippen LogP contribution in [0.3, 0.4) is 0 Å². The second-order valence-electron chi connectivity index (χ2n) is 17.1. The summed E-state index contributed by atoms with van der Waals surface area (Å²) < 4.78 is 97.4. The average molecular weight is 927 g/mol. The van der Waals surface area contributed by atoms with Crippen molar-refractivity contribution in [2.75, 3.05) is 0 Å². The Morgan fingerprint density at radius 3 is 1.40 bits per heavy atom. The highest BCUT2D eigenvalue weighted by atomic mass is 19.4. The van der Waals surface area contributed by atoms with Gasteiger partial charge in [-0.05, 0) is 71.8 Å². The summed E-state index contributed by atoms with van der Waals surface area (Å²) in [5.74, 6) is 0.329. The molecular formula is C60H36F6N4. The summed E-state index contributed by atoms with van der Waals surface area (Å²) in [6, 6.07) is 63.5. The zero-order valence-electron chi connectivity index (χ0n) is 36.8. The molecular weight excluding hydrogens is 891 g/mol. The molecule has 12 aromatic rings. The Balaban J connectivity index is 1.28. The van der Waals surface area contributed by atoms with Crippen molar-refractivity contribution in [2.24, 2.45) is 0 Å². The zero-order valence-corrected chi connectivity index (χ0v) is 36.8. The molecule has 0 spiro atoms. The quantitative estimate of drug-likeness (QED) is 0.149. The number of benzene rings is 9. The maximum atomic E-state index is 15.6. The summed E-state index contributed by atoms with van der Waals surface area (Å²) in [6.45, 7) is 0. The molecule has 0 saturated heterocycles. The third-order valence-corrected chi connectivity index (χ3v) is 13.0. The van der Waals surface area contributed by atoms with Gasteiger partial charge in [-0.1, -0.05) is 158 Å². The van der Waals surface area contributed by atoms with Crippen LogP contribution < -0.4 is 0 Å². The molecule has 12 rings (SSSR count). The van der Waals surface area contributed by atoms with E-state index in [9.17, 15) is 0 Å². The first-order chi connectivity index (χ1) is 34.0. The first kappa shape index (κ1) is 42.6. The van der Waals surface area contributed by atoms with Crippen LogP contribution in [0.1, 0.15) is 11.1 Å². The Bertz CT molecular complexity index is 3830. The fourth-order valence-corrected chi connectivity index (χ4v) is 10.0. The van der Waals surface area contributed by atoms with Crippen molar-refractivity contribution in [1.82, 2.24) is 19.1 Å². The topological polar surface area (TPSA) is 35.6 Å². The molecule has 10 heteroatoms. The van der Waals surface area contributed by atoms with E-state index < -0.39 is 23.5 Å². The molecule has 0 fully saturated rings. The van der Waals surface area contributed by atoms with E-state index in [4.69, 9.17) is 9.97 Å². The van der Waals surface area contributed by atoms with Gasteiger partial charge in [-0.25, -0.2) is 9.97 Å². The van der Waals surface area contributed by atoms with Crippen LogP contribution >= 0.6 is 0 Å². The molecule has 0 N–H and O–H groups in total. The fraction of sp³-hybridized carbons (Fsp3) is 0.0333. The molecule has 0 radical (unpaired) electrons. The lowest BCUT2D eigenvalue weighted by Crippen LogP contribution is -2.11. The zero-order chi connectivity index (χ0) is 47.7. The van der Waals surface area contributed by atoms with Crippen molar-refractivity contribution in [3.8, 4) is 67.5 Å². The third kappa shape index (κ3) is 7.10. The van der Waals surface area contributed by atoms with Gasteiger partial charge in [0.05, 0.1) is 50.3 Å². The highest BCUT2D eigenvalue weighted by Gasteiger charge is 2.37. The van der Waals surface area contributed by atoms with Crippen molar-refractivity contribution in [3.63, 3.8) is 0 Å². The predicted molar refractivity (Wildman–Crippen MR) is 268 cm³/mol. The Labute approximate surface area is 397 Å². The summed E-state index contributed by atoms with van der Waals surface area (Å²) in [7, 11) is 0. The van der Waals surface area contributed by atoms with Gasteiger partial charge in [0, 0.05) is 55.0 Å². The molecule has 3 heterocycles.